The minimum atomic E-state index is 0. The molecule has 0 heterocycles. The summed E-state index contributed by atoms with van der Waals surface area (Å²) in [6.07, 6.45) is 0. The summed E-state index contributed by atoms with van der Waals surface area (Å²) in [5, 5.41) is 0. The second-order valence-corrected chi connectivity index (χ2v) is 4.70. The molecule has 3 heteroatoms. The molecule has 0 atom stereocenters. The molecule has 152 valence electrons. The molecule has 3 aromatic rings. The Hall–Kier alpha value is -0.275. The average molecular weight is 886 g/mol. The quantitative estimate of drug-likeness (QED) is 0.207. The third-order valence-electron chi connectivity index (χ3n) is 2.61. The molecule has 0 aliphatic heterocycles. The summed E-state index contributed by atoms with van der Waals surface area (Å²) in [6, 6.07) is 32.6. The average Bonchev–Trinajstić information content (AvgIpc) is 2.51. The zero-order valence-corrected chi connectivity index (χ0v) is 26.0. The van der Waals surface area contributed by atoms with Crippen molar-refractivity contribution in [1.29, 1.82) is 0 Å². The zero-order chi connectivity index (χ0) is 15.3. The van der Waals surface area contributed by atoms with Crippen molar-refractivity contribution in [3.05, 3.63) is 130 Å². The van der Waals surface area contributed by atoms with E-state index in [9.17, 15) is 0 Å². The Bertz CT molecular complexity index is 493. The molecule has 0 amide bonds. The Morgan fingerprint density at radius 3 is 1.36 bits per heavy atom. The van der Waals surface area contributed by atoms with Gasteiger partial charge < -0.3 is 22.3 Å². The van der Waals surface area contributed by atoms with Crippen LogP contribution in [0, 0.1) is 61.3 Å². The van der Waals surface area contributed by atoms with Crippen molar-refractivity contribution >= 4 is 0 Å². The van der Waals surface area contributed by atoms with Crippen molar-refractivity contribution in [2.24, 2.45) is 0 Å². The van der Waals surface area contributed by atoms with Crippen LogP contribution < -0.4 is 0 Å². The maximum absolute atomic E-state index is 3.03. The van der Waals surface area contributed by atoms with Crippen LogP contribution >= 0.6 is 0 Å². The van der Waals surface area contributed by atoms with Crippen LogP contribution in [0.4, 0.5) is 0 Å². The molecule has 3 aromatic carbocycles. The van der Waals surface area contributed by atoms with Gasteiger partial charge in [-0.05, 0) is 0 Å². The maximum atomic E-state index is 3.03. The van der Waals surface area contributed by atoms with Crippen molar-refractivity contribution in [2.45, 2.75) is 28.2 Å². The molecule has 3 rings (SSSR count). The van der Waals surface area contributed by atoms with E-state index in [0.717, 1.165) is 0 Å². The Balaban J connectivity index is -0.0000000420. The summed E-state index contributed by atoms with van der Waals surface area (Å²) in [6.45, 7) is 6.14. The molecule has 0 nitrogen and oxygen atoms in total. The fourth-order valence-electron chi connectivity index (χ4n) is 1.44. The zero-order valence-electron chi connectivity index (χ0n) is 17.2. The second-order valence-electron chi connectivity index (χ2n) is 4.70. The molecule has 28 heavy (non-hydrogen) atoms. The third-order valence-corrected chi connectivity index (χ3v) is 2.61. The summed E-state index contributed by atoms with van der Waals surface area (Å²) in [7, 11) is 0. The van der Waals surface area contributed by atoms with Gasteiger partial charge in [0.25, 0.3) is 0 Å². The smallest absolute Gasteiger partial charge is 0.358 e. The van der Waals surface area contributed by atoms with Gasteiger partial charge in [0.2, 0.25) is 0 Å². The van der Waals surface area contributed by atoms with E-state index in [1.54, 1.807) is 0 Å². The summed E-state index contributed by atoms with van der Waals surface area (Å²) >= 11 is 0. The largest absolute Gasteiger partial charge is 2.00 e. The van der Waals surface area contributed by atoms with Gasteiger partial charge in [-0.25, -0.2) is 0 Å². The predicted octanol–water partition coefficient (Wildman–Crippen LogP) is 7.37. The van der Waals surface area contributed by atoms with Gasteiger partial charge in [0.05, 0.1) is 0 Å². The van der Waals surface area contributed by atoms with Crippen molar-refractivity contribution in [3.63, 3.8) is 0 Å². The molecule has 0 N–H and O–H groups in total. The van der Waals surface area contributed by atoms with E-state index in [4.69, 9.17) is 0 Å². The van der Waals surface area contributed by atoms with Crippen molar-refractivity contribution in [3.8, 4) is 0 Å². The first-order valence-corrected chi connectivity index (χ1v) is 6.97. The van der Waals surface area contributed by atoms with Crippen LogP contribution in [0.5, 0.6) is 0 Å². The molecule has 0 aliphatic rings. The van der Waals surface area contributed by atoms with E-state index in [0.29, 0.717) is 0 Å². The van der Waals surface area contributed by atoms with Crippen LogP contribution in [0.3, 0.4) is 0 Å². The second kappa shape index (κ2) is 31.4. The van der Waals surface area contributed by atoms with Gasteiger partial charge >= 0.3 is 63.2 Å². The van der Waals surface area contributed by atoms with Gasteiger partial charge in [-0.1, -0.05) is 28.2 Å². The van der Waals surface area contributed by atoms with Gasteiger partial charge in [-0.3, -0.25) is 0 Å². The van der Waals surface area contributed by atoms with Crippen LogP contribution in [0.15, 0.2) is 72.8 Å². The first-order chi connectivity index (χ1) is 10.2. The molecule has 0 fully saturated rings. The Morgan fingerprint density at radius 1 is 0.571 bits per heavy atom. The van der Waals surface area contributed by atoms with Crippen molar-refractivity contribution in [1.82, 2.24) is 0 Å². The van der Waals surface area contributed by atoms with Crippen LogP contribution in [-0.2, 0) is 63.2 Å². The monoisotopic (exact) mass is 886 g/mol. The standard InChI is InChI=1S/3C7H7.CH4.3CH3.3W/c3*1-7-5-3-2-4-6-7;;;;;;;/h3-6H,1H3;2-3,5-6H,1H3;2-5H,1H3;1H4;3*1H3;;;/q3*-1;;3*-1;3*+2. The van der Waals surface area contributed by atoms with Crippen LogP contribution in [0.1, 0.15) is 24.1 Å². The topological polar surface area (TPSA) is 0 Å². The maximum Gasteiger partial charge on any atom is 2.00 e. The van der Waals surface area contributed by atoms with E-state index < -0.39 is 0 Å². The van der Waals surface area contributed by atoms with E-state index in [1.807, 2.05) is 73.7 Å². The van der Waals surface area contributed by atoms with Crippen LogP contribution in [0.2, 0.25) is 0 Å². The fraction of sp³-hybridized carbons (Fsp3) is 0.160. The Kier molecular flexibility index (Phi) is 51.7. The molecule has 0 spiro atoms. The Morgan fingerprint density at radius 2 is 1.14 bits per heavy atom. The first kappa shape index (κ1) is 46.1. The predicted molar refractivity (Wildman–Crippen MR) is 116 cm³/mol. The molecular weight excluding hydrogens is 852 g/mol. The number of aryl methyl sites for hydroxylation is 3. The molecule has 0 radical (unpaired) electrons. The minimum Gasteiger partial charge on any atom is -0.358 e. The number of rotatable bonds is 0. The van der Waals surface area contributed by atoms with E-state index >= 15 is 0 Å². The molecule has 0 unspecified atom stereocenters. The van der Waals surface area contributed by atoms with Gasteiger partial charge in [0.15, 0.2) is 0 Å². The van der Waals surface area contributed by atoms with E-state index in [-0.39, 0.29) is 92.9 Å². The minimum absolute atomic E-state index is 0. The van der Waals surface area contributed by atoms with Gasteiger partial charge in [0, 0.05) is 0 Å². The number of hydrogen-bond donors (Lipinski definition) is 0. The summed E-state index contributed by atoms with van der Waals surface area (Å²) in [5.74, 6) is 0. The molecule has 0 saturated carbocycles. The normalized spacial score (nSPS) is 6.54. The van der Waals surface area contributed by atoms with Crippen LogP contribution in [0.25, 0.3) is 0 Å². The summed E-state index contributed by atoms with van der Waals surface area (Å²) in [4.78, 5) is 0. The third kappa shape index (κ3) is 27.9. The molecule has 0 aromatic heterocycles. The van der Waals surface area contributed by atoms with Crippen molar-refractivity contribution in [2.75, 3.05) is 0 Å². The van der Waals surface area contributed by atoms with E-state index in [1.165, 1.54) is 16.7 Å². The molecule has 0 aliphatic carbocycles. The van der Waals surface area contributed by atoms with Crippen molar-refractivity contribution < 1.29 is 63.2 Å². The molecule has 0 saturated heterocycles. The summed E-state index contributed by atoms with van der Waals surface area (Å²) < 4.78 is 0. The van der Waals surface area contributed by atoms with E-state index in [2.05, 4.69) is 38.1 Å². The molecular formula is C25H34W3. The summed E-state index contributed by atoms with van der Waals surface area (Å²) in [5.41, 5.74) is 3.75. The SMILES string of the molecule is C.Cc1[c-]cccc1.Cc1c[c-]ccc1.Cc1cc[c-]cc1.[CH3-].[CH3-].[CH3-].[W+2].[W+2].[W+2]. The first-order valence-electron chi connectivity index (χ1n) is 6.97. The number of benzene rings is 3. The molecule has 0 bridgehead atoms. The van der Waals surface area contributed by atoms with Gasteiger partial charge in [-0.2, -0.15) is 108 Å². The van der Waals surface area contributed by atoms with Gasteiger partial charge in [-0.15, -0.1) is 0 Å². The number of hydrogen-bond acceptors (Lipinski definition) is 0. The van der Waals surface area contributed by atoms with Gasteiger partial charge in [0.1, 0.15) is 0 Å². The Labute approximate surface area is 219 Å². The van der Waals surface area contributed by atoms with Crippen LogP contribution in [-0.4, -0.2) is 0 Å². The fourth-order valence-corrected chi connectivity index (χ4v) is 1.44.